The minimum atomic E-state index is -0.0294. The minimum Gasteiger partial charge on any atom is -0.345 e. The molecule has 1 fully saturated rings. The Kier molecular flexibility index (Phi) is 3.08. The van der Waals surface area contributed by atoms with Crippen molar-refractivity contribution >= 4 is 5.91 Å². The van der Waals surface area contributed by atoms with E-state index in [-0.39, 0.29) is 11.3 Å². The number of aromatic nitrogens is 1. The molecule has 2 rings (SSSR count). The summed E-state index contributed by atoms with van der Waals surface area (Å²) in [5.74, 6) is 0.133. The van der Waals surface area contributed by atoms with E-state index in [1.807, 2.05) is 11.8 Å². The number of pyridine rings is 1. The van der Waals surface area contributed by atoms with E-state index >= 15 is 0 Å². The van der Waals surface area contributed by atoms with Crippen molar-refractivity contribution in [2.75, 3.05) is 6.54 Å². The van der Waals surface area contributed by atoms with Crippen molar-refractivity contribution in [1.29, 1.82) is 0 Å². The van der Waals surface area contributed by atoms with Crippen LogP contribution in [0.25, 0.3) is 0 Å². The van der Waals surface area contributed by atoms with Crippen LogP contribution in [0.4, 0.5) is 0 Å². The van der Waals surface area contributed by atoms with Crippen molar-refractivity contribution in [3.8, 4) is 0 Å². The molecular weight excluding hydrogens is 204 g/mol. The van der Waals surface area contributed by atoms with Crippen LogP contribution in [0.5, 0.6) is 0 Å². The third kappa shape index (κ3) is 2.51. The van der Waals surface area contributed by atoms with Crippen LogP contribution in [0.3, 0.4) is 0 Å². The molecule has 1 amide bonds. The lowest BCUT2D eigenvalue weighted by molar-refractivity contribution is -0.132. The van der Waals surface area contributed by atoms with Crippen molar-refractivity contribution in [2.24, 2.45) is 0 Å². The van der Waals surface area contributed by atoms with Crippen LogP contribution in [-0.2, 0) is 11.3 Å². The van der Waals surface area contributed by atoms with Gasteiger partial charge in [-0.15, -0.1) is 0 Å². The molecule has 1 saturated carbocycles. The first-order valence-electron chi connectivity index (χ1n) is 5.66. The van der Waals surface area contributed by atoms with Crippen molar-refractivity contribution < 1.29 is 4.79 Å². The molecule has 0 radical (unpaired) electrons. The number of hydrogen-bond donors (Lipinski definition) is 0. The Morgan fingerprint density at radius 3 is 2.56 bits per heavy atom. The van der Waals surface area contributed by atoms with E-state index < -0.39 is 0 Å². The highest BCUT2D eigenvalue weighted by atomic mass is 16.2. The van der Waals surface area contributed by atoms with Gasteiger partial charge >= 0.3 is 0 Å². The van der Waals surface area contributed by atoms with Gasteiger partial charge in [-0.25, -0.2) is 0 Å². The second-order valence-electron chi connectivity index (χ2n) is 4.12. The molecule has 16 heavy (non-hydrogen) atoms. The van der Waals surface area contributed by atoms with E-state index in [2.05, 4.69) is 0 Å². The molecular formula is C12H16N2O2. The van der Waals surface area contributed by atoms with Crippen LogP contribution in [-0.4, -0.2) is 28.0 Å². The van der Waals surface area contributed by atoms with Crippen LogP contribution in [0.2, 0.25) is 0 Å². The zero-order chi connectivity index (χ0) is 11.5. The molecule has 86 valence electrons. The first-order valence-corrected chi connectivity index (χ1v) is 5.66. The Bertz CT molecular complexity index is 414. The number of nitrogens with zero attached hydrogens (tertiary/aromatic N) is 2. The molecule has 0 atom stereocenters. The summed E-state index contributed by atoms with van der Waals surface area (Å²) in [6, 6.07) is 3.40. The first kappa shape index (κ1) is 10.9. The van der Waals surface area contributed by atoms with E-state index in [0.717, 1.165) is 19.4 Å². The van der Waals surface area contributed by atoms with Gasteiger partial charge in [-0.1, -0.05) is 0 Å². The monoisotopic (exact) mass is 220 g/mol. The summed E-state index contributed by atoms with van der Waals surface area (Å²) in [5.41, 5.74) is -0.0294. The van der Waals surface area contributed by atoms with Gasteiger partial charge in [-0.2, -0.15) is 0 Å². The smallest absolute Gasteiger partial charge is 0.242 e. The van der Waals surface area contributed by atoms with Gasteiger partial charge in [0.2, 0.25) is 5.91 Å². The second-order valence-corrected chi connectivity index (χ2v) is 4.12. The van der Waals surface area contributed by atoms with Gasteiger partial charge < -0.3 is 9.47 Å². The van der Waals surface area contributed by atoms with Crippen LogP contribution >= 0.6 is 0 Å². The Labute approximate surface area is 94.5 Å². The van der Waals surface area contributed by atoms with Crippen molar-refractivity contribution in [3.63, 3.8) is 0 Å². The van der Waals surface area contributed by atoms with Gasteiger partial charge in [0.25, 0.3) is 0 Å². The number of hydrogen-bond acceptors (Lipinski definition) is 2. The summed E-state index contributed by atoms with van der Waals surface area (Å²) in [4.78, 5) is 24.8. The molecule has 0 spiro atoms. The van der Waals surface area contributed by atoms with Gasteiger partial charge in [0.15, 0.2) is 5.43 Å². The van der Waals surface area contributed by atoms with Crippen LogP contribution in [0.15, 0.2) is 29.3 Å². The standard InChI is InChI=1S/C12H16N2O2/c1-2-14(10-3-4-10)12(16)9-13-7-5-11(15)6-8-13/h5-8,10H,2-4,9H2,1H3. The summed E-state index contributed by atoms with van der Waals surface area (Å²) >= 11 is 0. The fourth-order valence-corrected chi connectivity index (χ4v) is 1.82. The van der Waals surface area contributed by atoms with Crippen LogP contribution < -0.4 is 5.43 Å². The minimum absolute atomic E-state index is 0.0294. The highest BCUT2D eigenvalue weighted by Gasteiger charge is 2.30. The van der Waals surface area contributed by atoms with Gasteiger partial charge in [0, 0.05) is 37.1 Å². The normalized spacial score (nSPS) is 14.8. The summed E-state index contributed by atoms with van der Waals surface area (Å²) in [6.45, 7) is 3.09. The predicted molar refractivity (Wildman–Crippen MR) is 61.1 cm³/mol. The van der Waals surface area contributed by atoms with Crippen molar-refractivity contribution in [3.05, 3.63) is 34.7 Å². The number of rotatable bonds is 4. The first-order chi connectivity index (χ1) is 7.70. The third-order valence-electron chi connectivity index (χ3n) is 2.83. The van der Waals surface area contributed by atoms with E-state index in [4.69, 9.17) is 0 Å². The molecule has 0 saturated heterocycles. The lowest BCUT2D eigenvalue weighted by Crippen LogP contribution is -2.35. The second kappa shape index (κ2) is 4.51. The molecule has 0 N–H and O–H groups in total. The van der Waals surface area contributed by atoms with Gasteiger partial charge in [-0.3, -0.25) is 9.59 Å². The zero-order valence-corrected chi connectivity index (χ0v) is 9.43. The third-order valence-corrected chi connectivity index (χ3v) is 2.83. The Balaban J connectivity index is 2.00. The molecule has 0 bridgehead atoms. The molecule has 0 aromatic carbocycles. The molecule has 1 heterocycles. The number of amides is 1. The summed E-state index contributed by atoms with van der Waals surface area (Å²) in [7, 11) is 0. The van der Waals surface area contributed by atoms with Crippen molar-refractivity contribution in [1.82, 2.24) is 9.47 Å². The predicted octanol–water partition coefficient (Wildman–Crippen LogP) is 0.859. The van der Waals surface area contributed by atoms with Gasteiger partial charge in [-0.05, 0) is 19.8 Å². The quantitative estimate of drug-likeness (QED) is 0.755. The fraction of sp³-hybridized carbons (Fsp3) is 0.500. The van der Waals surface area contributed by atoms with Crippen LogP contribution in [0, 0.1) is 0 Å². The SMILES string of the molecule is CCN(C(=O)Cn1ccc(=O)cc1)C1CC1. The summed E-state index contributed by atoms with van der Waals surface area (Å²) in [6.07, 6.45) is 5.56. The van der Waals surface area contributed by atoms with Gasteiger partial charge in [0.05, 0.1) is 0 Å². The zero-order valence-electron chi connectivity index (χ0n) is 9.43. The fourth-order valence-electron chi connectivity index (χ4n) is 1.82. The maximum atomic E-state index is 11.9. The van der Waals surface area contributed by atoms with Gasteiger partial charge in [0.1, 0.15) is 6.54 Å². The number of likely N-dealkylation sites (N-methyl/N-ethyl adjacent to an activating group) is 1. The largest absolute Gasteiger partial charge is 0.345 e. The molecule has 0 unspecified atom stereocenters. The number of carbonyl (C=O) groups is 1. The molecule has 1 aliphatic rings. The number of carbonyl (C=O) groups excluding carboxylic acids is 1. The van der Waals surface area contributed by atoms with E-state index in [9.17, 15) is 9.59 Å². The van der Waals surface area contributed by atoms with Crippen molar-refractivity contribution in [2.45, 2.75) is 32.4 Å². The lowest BCUT2D eigenvalue weighted by atomic mass is 10.4. The molecule has 1 aromatic heterocycles. The molecule has 0 aliphatic heterocycles. The van der Waals surface area contributed by atoms with E-state index in [0.29, 0.717) is 12.6 Å². The van der Waals surface area contributed by atoms with Crippen LogP contribution in [0.1, 0.15) is 19.8 Å². The average Bonchev–Trinajstić information content (AvgIpc) is 3.07. The molecule has 4 nitrogen and oxygen atoms in total. The van der Waals surface area contributed by atoms with E-state index in [1.165, 1.54) is 12.1 Å². The lowest BCUT2D eigenvalue weighted by Gasteiger charge is -2.20. The van der Waals surface area contributed by atoms with E-state index in [1.54, 1.807) is 17.0 Å². The topological polar surface area (TPSA) is 42.3 Å². The Morgan fingerprint density at radius 2 is 2.06 bits per heavy atom. The summed E-state index contributed by atoms with van der Waals surface area (Å²) in [5, 5.41) is 0. The Hall–Kier alpha value is -1.58. The molecule has 1 aromatic rings. The maximum Gasteiger partial charge on any atom is 0.242 e. The average molecular weight is 220 g/mol. The highest BCUT2D eigenvalue weighted by molar-refractivity contribution is 5.76. The maximum absolute atomic E-state index is 11.9. The molecule has 4 heteroatoms. The molecule has 1 aliphatic carbocycles. The highest BCUT2D eigenvalue weighted by Crippen LogP contribution is 2.26. The summed E-state index contributed by atoms with van der Waals surface area (Å²) < 4.78 is 1.74. The Morgan fingerprint density at radius 1 is 1.44 bits per heavy atom.